The van der Waals surface area contributed by atoms with Crippen LogP contribution in [0, 0.1) is 11.8 Å². The Bertz CT molecular complexity index is 2900. The topological polar surface area (TPSA) is 436 Å². The molecule has 87 heavy (non-hydrogen) atoms. The second kappa shape index (κ2) is 38.7. The van der Waals surface area contributed by atoms with Gasteiger partial charge in [-0.3, -0.25) is 58.8 Å². The first kappa shape index (κ1) is 73.0. The van der Waals surface area contributed by atoms with Gasteiger partial charge < -0.3 is 74.6 Å². The minimum atomic E-state index is -1.33. The predicted octanol–water partition coefficient (Wildman–Crippen LogP) is -1.11. The van der Waals surface area contributed by atoms with E-state index in [4.69, 9.17) is 35.9 Å². The van der Waals surface area contributed by atoms with Crippen molar-refractivity contribution in [1.29, 1.82) is 0 Å². The molecule has 29 nitrogen and oxygen atoms in total. The fourth-order valence-electron chi connectivity index (χ4n) is 8.31. The van der Waals surface area contributed by atoms with Crippen LogP contribution in [0.2, 0.25) is 0 Å². The number of nitrogens with zero attached hydrogens (tertiary/aromatic N) is 3. The quantitative estimate of drug-likeness (QED) is 0.0140. The molecule has 18 N–H and O–H groups in total. The van der Waals surface area contributed by atoms with Gasteiger partial charge in [0.25, 0.3) is 0 Å². The molecule has 0 saturated heterocycles. The Morgan fingerprint density at radius 1 is 0.644 bits per heavy atom. The van der Waals surface area contributed by atoms with Crippen molar-refractivity contribution in [2.45, 2.75) is 142 Å². The Morgan fingerprint density at radius 3 is 1.86 bits per heavy atom. The average Bonchev–Trinajstić information content (AvgIpc) is 3.03. The number of aromatic nitrogens is 3. The number of carbonyl (C=O) groups is 10. The van der Waals surface area contributed by atoms with Gasteiger partial charge in [0.15, 0.2) is 10.2 Å². The van der Waals surface area contributed by atoms with Gasteiger partial charge in [-0.15, -0.1) is 0 Å². The lowest BCUT2D eigenvalue weighted by atomic mass is 10.0. The molecule has 2 heterocycles. The molecule has 1 aromatic carbocycles. The molecule has 478 valence electrons. The van der Waals surface area contributed by atoms with Gasteiger partial charge >= 0.3 is 0 Å². The van der Waals surface area contributed by atoms with Crippen LogP contribution in [0.5, 0.6) is 0 Å². The number of primary amides is 2. The first-order chi connectivity index (χ1) is 41.3. The van der Waals surface area contributed by atoms with E-state index in [-0.39, 0.29) is 56.0 Å². The molecule has 6 unspecified atom stereocenters. The third-order valence-electron chi connectivity index (χ3n) is 13.2. The van der Waals surface area contributed by atoms with Gasteiger partial charge in [0, 0.05) is 68.3 Å². The van der Waals surface area contributed by atoms with Crippen LogP contribution in [0.25, 0.3) is 10.9 Å². The van der Waals surface area contributed by atoms with E-state index in [0.717, 1.165) is 10.9 Å². The largest absolute Gasteiger partial charge is 0.370 e. The van der Waals surface area contributed by atoms with Crippen molar-refractivity contribution in [3.05, 3.63) is 54.2 Å². The van der Waals surface area contributed by atoms with Crippen LogP contribution in [-0.4, -0.2) is 171 Å². The summed E-state index contributed by atoms with van der Waals surface area (Å²) in [6.07, 6.45) is 7.89. The first-order valence-corrected chi connectivity index (χ1v) is 30.6. The van der Waals surface area contributed by atoms with E-state index < -0.39 is 114 Å². The Balaban J connectivity index is 1.66. The zero-order chi connectivity index (χ0) is 64.6. The van der Waals surface area contributed by atoms with Crippen molar-refractivity contribution >= 4 is 128 Å². The Kier molecular flexibility index (Phi) is 32.5. The number of nitrogens with two attached hydrogens (primary N) is 2. The van der Waals surface area contributed by atoms with Gasteiger partial charge in [-0.05, 0) is 106 Å². The van der Waals surface area contributed by atoms with E-state index in [1.807, 2.05) is 38.3 Å². The summed E-state index contributed by atoms with van der Waals surface area (Å²) in [6.45, 7) is 9.62. The van der Waals surface area contributed by atoms with Gasteiger partial charge in [-0.2, -0.15) is 22.0 Å². The standard InChI is InChI=1S/C55H85N19O10S3/c1-30(2)22-40(51(82)67-38(48(57)79)19-21-87-8)68-52(83)42(24-35-26-59-29-64-35)66-45(77)27-63-53(84)47(31(3)4)70-46(78)28-62-49(80)41(23-34-25-61-37-15-12-11-14-36(34)37)69-50(81)39(17-18-43(56)75)65-44(76)16-10-9-13-20-60-55(86)74-72-33(6)32(5)71-73-54(85)58-7/h11-12,14-15,25-26,29-31,38-42,47,61H,9-10,13,16-24,27-28H2,1-8H3,(H2,56,75)(H2,57,79)(H,59,64)(H,62,80)(H,63,84)(H,65,76)(H,66,77)(H,67,82)(H,68,83)(H,69,81)(H,70,78)(H2,58,73,85)(H2,60,74,86). The van der Waals surface area contributed by atoms with Crippen LogP contribution >= 0.6 is 36.2 Å². The number of para-hydroxylation sites is 1. The maximum absolute atomic E-state index is 14.1. The average molecular weight is 1270 g/mol. The van der Waals surface area contributed by atoms with Crippen molar-refractivity contribution in [2.24, 2.45) is 33.5 Å². The normalized spacial score (nSPS) is 13.5. The highest BCUT2D eigenvalue weighted by Gasteiger charge is 2.32. The van der Waals surface area contributed by atoms with Crippen LogP contribution < -0.4 is 75.5 Å². The summed E-state index contributed by atoms with van der Waals surface area (Å²) in [5.74, 6) is -7.36. The molecule has 32 heteroatoms. The van der Waals surface area contributed by atoms with Crippen molar-refractivity contribution in [1.82, 2.24) is 79.0 Å². The smallest absolute Gasteiger partial charge is 0.243 e. The number of amides is 10. The van der Waals surface area contributed by atoms with Gasteiger partial charge in [0.2, 0.25) is 59.1 Å². The van der Waals surface area contributed by atoms with Crippen molar-refractivity contribution < 1.29 is 47.9 Å². The zero-order valence-electron chi connectivity index (χ0n) is 50.4. The second-order valence-electron chi connectivity index (χ2n) is 21.1. The Hall–Kier alpha value is -8.26. The van der Waals surface area contributed by atoms with E-state index in [9.17, 15) is 47.9 Å². The molecule has 10 amide bonds. The SMILES string of the molecule is CNC(=S)NN=C(C)C(C)=NNC(=S)NCCCCCC(=O)NC(CCC(N)=O)C(=O)NC(Cc1c[nH]c2ccccc12)C(=O)NCC(=O)NC(C(=O)NCC(=O)NC(Cc1cnc[nH]1)C(=O)NC(CC(C)C)C(=O)NC(CCSC)C(N)=O)C(C)C. The maximum Gasteiger partial charge on any atom is 0.243 e. The number of nitrogens with one attached hydrogen (secondary N) is 14. The fourth-order valence-corrected chi connectivity index (χ4v) is 8.97. The van der Waals surface area contributed by atoms with Crippen LogP contribution in [0.1, 0.15) is 104 Å². The van der Waals surface area contributed by atoms with E-state index in [2.05, 4.69) is 89.2 Å². The number of unbranched alkanes of at least 4 members (excludes halogenated alkanes) is 2. The van der Waals surface area contributed by atoms with Crippen molar-refractivity contribution in [3.8, 4) is 0 Å². The lowest BCUT2D eigenvalue weighted by Crippen LogP contribution is -2.58. The van der Waals surface area contributed by atoms with Crippen molar-refractivity contribution in [3.63, 3.8) is 0 Å². The summed E-state index contributed by atoms with van der Waals surface area (Å²) in [7, 11) is 1.66. The van der Waals surface area contributed by atoms with Crippen LogP contribution in [0.4, 0.5) is 0 Å². The number of imidazole rings is 1. The molecule has 0 saturated carbocycles. The number of thiocarbonyl (C=S) groups is 2. The number of carbonyl (C=O) groups excluding carboxylic acids is 10. The lowest BCUT2D eigenvalue weighted by Gasteiger charge is -2.26. The van der Waals surface area contributed by atoms with Gasteiger partial charge in [0.05, 0.1) is 30.8 Å². The molecule has 0 aliphatic heterocycles. The minimum absolute atomic E-state index is 0.0300. The number of hydrogen-bond acceptors (Lipinski definition) is 16. The highest BCUT2D eigenvalue weighted by molar-refractivity contribution is 7.98. The molecular weight excluding hydrogens is 1180 g/mol. The maximum atomic E-state index is 14.1. The third-order valence-corrected chi connectivity index (χ3v) is 14.4. The summed E-state index contributed by atoms with van der Waals surface area (Å²) in [5.41, 5.74) is 19.4. The number of hydrazone groups is 2. The summed E-state index contributed by atoms with van der Waals surface area (Å²) in [4.78, 5) is 143. The van der Waals surface area contributed by atoms with Gasteiger partial charge in [-0.1, -0.05) is 52.3 Å². The zero-order valence-corrected chi connectivity index (χ0v) is 52.8. The summed E-state index contributed by atoms with van der Waals surface area (Å²) in [6, 6.07) is 0.0583. The Labute approximate surface area is 520 Å². The van der Waals surface area contributed by atoms with E-state index in [1.165, 1.54) is 24.3 Å². The predicted molar refractivity (Wildman–Crippen MR) is 340 cm³/mol. The molecule has 0 aliphatic carbocycles. The highest BCUT2D eigenvalue weighted by Crippen LogP contribution is 2.20. The monoisotopic (exact) mass is 1270 g/mol. The molecule has 0 fully saturated rings. The number of benzene rings is 1. The second-order valence-corrected chi connectivity index (χ2v) is 22.9. The molecule has 0 aliphatic rings. The number of thioether (sulfide) groups is 1. The van der Waals surface area contributed by atoms with Crippen LogP contribution in [-0.2, 0) is 60.8 Å². The van der Waals surface area contributed by atoms with E-state index in [0.29, 0.717) is 59.4 Å². The number of fused-ring (bicyclic) bond motifs is 1. The molecule has 2 aromatic heterocycles. The van der Waals surface area contributed by atoms with Crippen molar-refractivity contribution in [2.75, 3.05) is 38.7 Å². The third kappa shape index (κ3) is 27.8. The van der Waals surface area contributed by atoms with Crippen LogP contribution in [0.15, 0.2) is 53.2 Å². The van der Waals surface area contributed by atoms with Gasteiger partial charge in [0.1, 0.15) is 36.3 Å². The first-order valence-electron chi connectivity index (χ1n) is 28.4. The molecule has 0 bridgehead atoms. The molecule has 0 radical (unpaired) electrons. The highest BCUT2D eigenvalue weighted by atomic mass is 32.2. The fraction of sp³-hybridized carbons (Fsp3) is 0.545. The number of rotatable bonds is 38. The molecule has 3 aromatic rings. The lowest BCUT2D eigenvalue weighted by molar-refractivity contribution is -0.134. The summed E-state index contributed by atoms with van der Waals surface area (Å²) >= 11 is 11.8. The van der Waals surface area contributed by atoms with E-state index in [1.54, 1.807) is 47.0 Å². The summed E-state index contributed by atoms with van der Waals surface area (Å²) < 4.78 is 0. The molecule has 6 atom stereocenters. The number of hydrogen-bond donors (Lipinski definition) is 16. The molecular formula is C55H85N19O10S3. The van der Waals surface area contributed by atoms with E-state index >= 15 is 0 Å². The number of H-pyrrole nitrogens is 2. The number of aromatic amines is 2. The molecule has 3 rings (SSSR count). The summed E-state index contributed by atoms with van der Waals surface area (Å²) in [5, 5.41) is 36.4. The van der Waals surface area contributed by atoms with Gasteiger partial charge in [-0.25, -0.2) is 4.98 Å². The van der Waals surface area contributed by atoms with Crippen LogP contribution in [0.3, 0.4) is 0 Å². The molecule has 0 spiro atoms. The minimum Gasteiger partial charge on any atom is -0.370 e. The Morgan fingerprint density at radius 2 is 1.24 bits per heavy atom.